The minimum Gasteiger partial charge on any atom is -0.462 e. The first kappa shape index (κ1) is 56.9. The second-order valence-corrected chi connectivity index (χ2v) is 17.4. The summed E-state index contributed by atoms with van der Waals surface area (Å²) in [6.07, 6.45) is 54.4. The van der Waals surface area contributed by atoms with Gasteiger partial charge in [0, 0.05) is 19.3 Å². The fourth-order valence-corrected chi connectivity index (χ4v) is 7.53. The van der Waals surface area contributed by atoms with Gasteiger partial charge in [-0.25, -0.2) is 0 Å². The van der Waals surface area contributed by atoms with E-state index in [4.69, 9.17) is 14.2 Å². The van der Waals surface area contributed by atoms with Gasteiger partial charge >= 0.3 is 17.9 Å². The monoisotopic (exact) mass is 831 g/mol. The zero-order valence-corrected chi connectivity index (χ0v) is 39.5. The van der Waals surface area contributed by atoms with E-state index in [2.05, 4.69) is 45.1 Å². The lowest BCUT2D eigenvalue weighted by atomic mass is 10.1. The van der Waals surface area contributed by atoms with Gasteiger partial charge in [0.2, 0.25) is 0 Å². The van der Waals surface area contributed by atoms with E-state index in [9.17, 15) is 14.4 Å². The Labute approximate surface area is 366 Å². The maximum absolute atomic E-state index is 12.7. The van der Waals surface area contributed by atoms with Gasteiger partial charge in [0.15, 0.2) is 6.10 Å². The molecule has 0 aliphatic rings. The van der Waals surface area contributed by atoms with E-state index in [0.717, 1.165) is 64.2 Å². The van der Waals surface area contributed by atoms with Crippen molar-refractivity contribution in [2.45, 2.75) is 284 Å². The highest BCUT2D eigenvalue weighted by molar-refractivity contribution is 5.71. The first-order chi connectivity index (χ1) is 29.0. The predicted molar refractivity (Wildman–Crippen MR) is 252 cm³/mol. The van der Waals surface area contributed by atoms with Gasteiger partial charge < -0.3 is 14.2 Å². The minimum atomic E-state index is -0.765. The van der Waals surface area contributed by atoms with Crippen LogP contribution in [-0.2, 0) is 28.6 Å². The molecule has 6 nitrogen and oxygen atoms in total. The Hall–Kier alpha value is -2.11. The van der Waals surface area contributed by atoms with Gasteiger partial charge in [-0.2, -0.15) is 0 Å². The number of allylic oxidation sites excluding steroid dienone is 4. The van der Waals surface area contributed by atoms with Crippen LogP contribution in [0, 0.1) is 0 Å². The number of hydrogen-bond donors (Lipinski definition) is 0. The summed E-state index contributed by atoms with van der Waals surface area (Å²) in [5, 5.41) is 0. The van der Waals surface area contributed by atoms with Gasteiger partial charge in [-0.3, -0.25) is 14.4 Å². The van der Waals surface area contributed by atoms with Gasteiger partial charge in [-0.1, -0.05) is 231 Å². The second kappa shape index (κ2) is 48.6. The van der Waals surface area contributed by atoms with Crippen LogP contribution in [0.5, 0.6) is 0 Å². The Kier molecular flexibility index (Phi) is 46.8. The van der Waals surface area contributed by atoms with Crippen molar-refractivity contribution in [3.63, 3.8) is 0 Å². The Bertz CT molecular complexity index is 958. The SMILES string of the molecule is CCCCC/C=C\C/C=C\CCCCCCCCCCCC(=O)OCC(COC(=O)CCCCCCCCCCCCC)OC(=O)CCCCCCCCCCCCC. The van der Waals surface area contributed by atoms with Crippen molar-refractivity contribution in [3.8, 4) is 0 Å². The molecule has 0 aromatic carbocycles. The molecule has 0 fully saturated rings. The highest BCUT2D eigenvalue weighted by atomic mass is 16.6. The van der Waals surface area contributed by atoms with Gasteiger partial charge in [0.1, 0.15) is 13.2 Å². The van der Waals surface area contributed by atoms with E-state index in [-0.39, 0.29) is 31.1 Å². The molecule has 0 aromatic rings. The Morgan fingerprint density at radius 1 is 0.339 bits per heavy atom. The van der Waals surface area contributed by atoms with Crippen molar-refractivity contribution >= 4 is 17.9 Å². The van der Waals surface area contributed by atoms with Crippen LogP contribution in [0.25, 0.3) is 0 Å². The first-order valence-electron chi connectivity index (χ1n) is 25.8. The third-order valence-corrected chi connectivity index (χ3v) is 11.5. The summed E-state index contributed by atoms with van der Waals surface area (Å²) in [6, 6.07) is 0. The van der Waals surface area contributed by atoms with Crippen molar-refractivity contribution in [1.82, 2.24) is 0 Å². The molecule has 0 bridgehead atoms. The molecule has 0 aromatic heterocycles. The molecule has 0 amide bonds. The van der Waals surface area contributed by atoms with Crippen LogP contribution >= 0.6 is 0 Å². The molecule has 0 saturated heterocycles. The molecule has 0 aliphatic carbocycles. The van der Waals surface area contributed by atoms with Crippen molar-refractivity contribution in [1.29, 1.82) is 0 Å². The third-order valence-electron chi connectivity index (χ3n) is 11.5. The Morgan fingerprint density at radius 3 is 0.966 bits per heavy atom. The zero-order chi connectivity index (χ0) is 43.0. The van der Waals surface area contributed by atoms with E-state index in [0.29, 0.717) is 19.3 Å². The lowest BCUT2D eigenvalue weighted by Crippen LogP contribution is -2.30. The van der Waals surface area contributed by atoms with Crippen molar-refractivity contribution < 1.29 is 28.6 Å². The van der Waals surface area contributed by atoms with Crippen LogP contribution < -0.4 is 0 Å². The molecule has 1 atom stereocenters. The topological polar surface area (TPSA) is 78.9 Å². The summed E-state index contributed by atoms with van der Waals surface area (Å²) >= 11 is 0. The molecule has 0 aliphatic heterocycles. The highest BCUT2D eigenvalue weighted by Crippen LogP contribution is 2.16. The molecular formula is C53H98O6. The summed E-state index contributed by atoms with van der Waals surface area (Å²) in [4.78, 5) is 37.9. The molecule has 0 heterocycles. The smallest absolute Gasteiger partial charge is 0.306 e. The summed E-state index contributed by atoms with van der Waals surface area (Å²) < 4.78 is 16.8. The molecule has 6 heteroatoms. The molecule has 346 valence electrons. The summed E-state index contributed by atoms with van der Waals surface area (Å²) in [5.41, 5.74) is 0. The standard InChI is InChI=1S/C53H98O6/c1-4-7-10-13-16-19-22-23-24-25-26-27-28-29-32-34-37-40-43-46-52(55)58-49-50(59-53(56)47-44-41-38-35-31-21-18-15-12-9-6-3)48-57-51(54)45-42-39-36-33-30-20-17-14-11-8-5-2/h16,19,23-24,50H,4-15,17-18,20-22,25-49H2,1-3H3/b19-16-,24-23-. The minimum absolute atomic E-state index is 0.0678. The maximum atomic E-state index is 12.7. The van der Waals surface area contributed by atoms with Gasteiger partial charge in [-0.15, -0.1) is 0 Å². The molecule has 59 heavy (non-hydrogen) atoms. The number of rotatable bonds is 47. The number of hydrogen-bond acceptors (Lipinski definition) is 6. The first-order valence-corrected chi connectivity index (χ1v) is 25.8. The van der Waals surface area contributed by atoms with E-state index in [1.54, 1.807) is 0 Å². The predicted octanol–water partition coefficient (Wildman–Crippen LogP) is 16.8. The summed E-state index contributed by atoms with van der Waals surface area (Å²) in [7, 11) is 0. The molecule has 1 unspecified atom stereocenters. The van der Waals surface area contributed by atoms with Crippen molar-refractivity contribution in [2.24, 2.45) is 0 Å². The van der Waals surface area contributed by atoms with Crippen molar-refractivity contribution in [3.05, 3.63) is 24.3 Å². The number of esters is 3. The largest absolute Gasteiger partial charge is 0.462 e. The average molecular weight is 831 g/mol. The van der Waals surface area contributed by atoms with E-state index >= 15 is 0 Å². The van der Waals surface area contributed by atoms with E-state index in [1.807, 2.05) is 0 Å². The van der Waals surface area contributed by atoms with Crippen LogP contribution in [0.15, 0.2) is 24.3 Å². The summed E-state index contributed by atoms with van der Waals surface area (Å²) in [6.45, 7) is 6.62. The summed E-state index contributed by atoms with van der Waals surface area (Å²) in [5.74, 6) is -0.861. The maximum Gasteiger partial charge on any atom is 0.306 e. The number of ether oxygens (including phenoxy) is 3. The Morgan fingerprint density at radius 2 is 0.610 bits per heavy atom. The van der Waals surface area contributed by atoms with Gasteiger partial charge in [0.05, 0.1) is 0 Å². The molecule has 0 spiro atoms. The van der Waals surface area contributed by atoms with Crippen LogP contribution in [0.2, 0.25) is 0 Å². The number of carbonyl (C=O) groups excluding carboxylic acids is 3. The molecule has 0 radical (unpaired) electrons. The number of carbonyl (C=O) groups is 3. The normalized spacial score (nSPS) is 12.1. The van der Waals surface area contributed by atoms with Crippen LogP contribution in [-0.4, -0.2) is 37.2 Å². The fourth-order valence-electron chi connectivity index (χ4n) is 7.53. The van der Waals surface area contributed by atoms with Crippen LogP contribution in [0.3, 0.4) is 0 Å². The lowest BCUT2D eigenvalue weighted by molar-refractivity contribution is -0.167. The zero-order valence-electron chi connectivity index (χ0n) is 39.5. The quantitative estimate of drug-likeness (QED) is 0.0263. The molecule has 0 N–H and O–H groups in total. The third kappa shape index (κ3) is 46.8. The van der Waals surface area contributed by atoms with E-state index in [1.165, 1.54) is 173 Å². The average Bonchev–Trinajstić information content (AvgIpc) is 3.23. The number of unbranched alkanes of at least 4 members (excludes halogenated alkanes) is 32. The molecule has 0 rings (SSSR count). The second-order valence-electron chi connectivity index (χ2n) is 17.4. The molecule has 0 saturated carbocycles. The van der Waals surface area contributed by atoms with E-state index < -0.39 is 6.10 Å². The van der Waals surface area contributed by atoms with Crippen LogP contribution in [0.1, 0.15) is 278 Å². The highest BCUT2D eigenvalue weighted by Gasteiger charge is 2.19. The lowest BCUT2D eigenvalue weighted by Gasteiger charge is -2.18. The van der Waals surface area contributed by atoms with Gasteiger partial charge in [-0.05, 0) is 51.4 Å². The van der Waals surface area contributed by atoms with Gasteiger partial charge in [0.25, 0.3) is 0 Å². The fraction of sp³-hybridized carbons (Fsp3) is 0.868. The van der Waals surface area contributed by atoms with Crippen molar-refractivity contribution in [2.75, 3.05) is 13.2 Å². The Balaban J connectivity index is 4.27. The molecular weight excluding hydrogens is 733 g/mol. The van der Waals surface area contributed by atoms with Crippen LogP contribution in [0.4, 0.5) is 0 Å².